The third-order valence-corrected chi connectivity index (χ3v) is 5.01. The quantitative estimate of drug-likeness (QED) is 0.744. The number of nitrogens with zero attached hydrogens (tertiary/aromatic N) is 1. The number of amides is 1. The SMILES string of the molecule is COCC(C)N(Cc1cccc(C)c1)C(=O)Cc1ccc2c(c1)CC(C)O2. The average molecular weight is 367 g/mol. The van der Waals surface area contributed by atoms with Crippen molar-refractivity contribution < 1.29 is 14.3 Å². The van der Waals surface area contributed by atoms with E-state index in [2.05, 4.69) is 38.1 Å². The number of hydrogen-bond acceptors (Lipinski definition) is 3. The summed E-state index contributed by atoms with van der Waals surface area (Å²) < 4.78 is 11.1. The van der Waals surface area contributed by atoms with Crippen LogP contribution in [0.1, 0.15) is 36.1 Å². The van der Waals surface area contributed by atoms with E-state index in [0.717, 1.165) is 23.3 Å². The second-order valence-electron chi connectivity index (χ2n) is 7.57. The normalized spacial score (nSPS) is 16.5. The van der Waals surface area contributed by atoms with Crippen LogP contribution in [0.3, 0.4) is 0 Å². The van der Waals surface area contributed by atoms with Crippen LogP contribution in [0.2, 0.25) is 0 Å². The first kappa shape index (κ1) is 19.4. The van der Waals surface area contributed by atoms with Crippen molar-refractivity contribution in [3.8, 4) is 5.75 Å². The van der Waals surface area contributed by atoms with Crippen molar-refractivity contribution in [3.05, 3.63) is 64.7 Å². The number of carbonyl (C=O) groups excluding carboxylic acids is 1. The van der Waals surface area contributed by atoms with Gasteiger partial charge in [-0.15, -0.1) is 0 Å². The Morgan fingerprint density at radius 1 is 1.26 bits per heavy atom. The lowest BCUT2D eigenvalue weighted by Crippen LogP contribution is -2.41. The first-order chi connectivity index (χ1) is 13.0. The lowest BCUT2D eigenvalue weighted by atomic mass is 10.0. The van der Waals surface area contributed by atoms with Gasteiger partial charge in [0.25, 0.3) is 0 Å². The highest BCUT2D eigenvalue weighted by molar-refractivity contribution is 5.79. The first-order valence-corrected chi connectivity index (χ1v) is 9.58. The molecule has 0 aromatic heterocycles. The zero-order valence-electron chi connectivity index (χ0n) is 16.7. The maximum atomic E-state index is 13.1. The molecule has 0 saturated heterocycles. The number of benzene rings is 2. The Bertz CT molecular complexity index is 802. The van der Waals surface area contributed by atoms with Gasteiger partial charge in [0.1, 0.15) is 11.9 Å². The molecule has 0 radical (unpaired) electrons. The van der Waals surface area contributed by atoms with Crippen LogP contribution in [0.25, 0.3) is 0 Å². The van der Waals surface area contributed by atoms with E-state index < -0.39 is 0 Å². The van der Waals surface area contributed by atoms with Gasteiger partial charge in [0.2, 0.25) is 5.91 Å². The van der Waals surface area contributed by atoms with Crippen molar-refractivity contribution >= 4 is 5.91 Å². The molecule has 2 aromatic rings. The van der Waals surface area contributed by atoms with E-state index in [4.69, 9.17) is 9.47 Å². The van der Waals surface area contributed by atoms with Gasteiger partial charge >= 0.3 is 0 Å². The fourth-order valence-corrected chi connectivity index (χ4v) is 3.69. The molecule has 1 amide bonds. The number of hydrogen-bond donors (Lipinski definition) is 0. The highest BCUT2D eigenvalue weighted by Gasteiger charge is 2.23. The van der Waals surface area contributed by atoms with Crippen LogP contribution in [0.5, 0.6) is 5.75 Å². The Hall–Kier alpha value is -2.33. The van der Waals surface area contributed by atoms with Gasteiger partial charge in [-0.05, 0) is 43.5 Å². The van der Waals surface area contributed by atoms with Gasteiger partial charge in [-0.1, -0.05) is 42.0 Å². The lowest BCUT2D eigenvalue weighted by molar-refractivity contribution is -0.134. The third-order valence-electron chi connectivity index (χ3n) is 5.01. The first-order valence-electron chi connectivity index (χ1n) is 9.58. The van der Waals surface area contributed by atoms with Crippen LogP contribution in [0.4, 0.5) is 0 Å². The number of fused-ring (bicyclic) bond motifs is 1. The monoisotopic (exact) mass is 367 g/mol. The van der Waals surface area contributed by atoms with Gasteiger partial charge in [0.05, 0.1) is 19.1 Å². The molecular weight excluding hydrogens is 338 g/mol. The van der Waals surface area contributed by atoms with E-state index in [9.17, 15) is 4.79 Å². The molecule has 0 bridgehead atoms. The molecule has 144 valence electrons. The van der Waals surface area contributed by atoms with Gasteiger partial charge in [0, 0.05) is 20.1 Å². The van der Waals surface area contributed by atoms with Crippen LogP contribution in [0.15, 0.2) is 42.5 Å². The van der Waals surface area contributed by atoms with Gasteiger partial charge in [-0.2, -0.15) is 0 Å². The average Bonchev–Trinajstić information content (AvgIpc) is 2.99. The molecular formula is C23H29NO3. The number of methoxy groups -OCH3 is 1. The van der Waals surface area contributed by atoms with E-state index in [0.29, 0.717) is 19.6 Å². The van der Waals surface area contributed by atoms with Crippen LogP contribution in [-0.2, 0) is 28.9 Å². The molecule has 2 aromatic carbocycles. The Labute approximate surface area is 162 Å². The van der Waals surface area contributed by atoms with Crippen LogP contribution >= 0.6 is 0 Å². The Balaban J connectivity index is 1.75. The van der Waals surface area contributed by atoms with E-state index >= 15 is 0 Å². The molecule has 0 spiro atoms. The molecule has 0 aliphatic carbocycles. The molecule has 0 N–H and O–H groups in total. The van der Waals surface area contributed by atoms with Crippen LogP contribution < -0.4 is 4.74 Å². The van der Waals surface area contributed by atoms with E-state index in [1.807, 2.05) is 30.0 Å². The molecule has 4 heteroatoms. The van der Waals surface area contributed by atoms with E-state index in [1.165, 1.54) is 11.1 Å². The highest BCUT2D eigenvalue weighted by atomic mass is 16.5. The lowest BCUT2D eigenvalue weighted by Gasteiger charge is -2.29. The van der Waals surface area contributed by atoms with Crippen molar-refractivity contribution in [1.29, 1.82) is 0 Å². The predicted octanol–water partition coefficient (Wildman–Crippen LogP) is 3.92. The molecule has 3 rings (SSSR count). The summed E-state index contributed by atoms with van der Waals surface area (Å²) in [6.07, 6.45) is 1.51. The van der Waals surface area contributed by atoms with Gasteiger partial charge in [-0.25, -0.2) is 0 Å². The largest absolute Gasteiger partial charge is 0.490 e. The summed E-state index contributed by atoms with van der Waals surface area (Å²) in [6, 6.07) is 14.4. The number of ether oxygens (including phenoxy) is 2. The zero-order chi connectivity index (χ0) is 19.4. The Morgan fingerprint density at radius 2 is 2.07 bits per heavy atom. The van der Waals surface area contributed by atoms with Crippen LogP contribution in [0, 0.1) is 6.92 Å². The third kappa shape index (κ3) is 4.89. The fourth-order valence-electron chi connectivity index (χ4n) is 3.69. The minimum atomic E-state index is 0.0146. The minimum Gasteiger partial charge on any atom is -0.490 e. The summed E-state index contributed by atoms with van der Waals surface area (Å²) in [5.74, 6) is 1.07. The molecule has 27 heavy (non-hydrogen) atoms. The molecule has 0 fully saturated rings. The van der Waals surface area contributed by atoms with Crippen molar-refractivity contribution in [3.63, 3.8) is 0 Å². The number of rotatable bonds is 7. The van der Waals surface area contributed by atoms with E-state index in [1.54, 1.807) is 7.11 Å². The maximum Gasteiger partial charge on any atom is 0.227 e. The summed E-state index contributed by atoms with van der Waals surface area (Å²) in [5, 5.41) is 0. The van der Waals surface area contributed by atoms with Crippen molar-refractivity contribution in [2.75, 3.05) is 13.7 Å². The second kappa shape index (κ2) is 8.57. The highest BCUT2D eigenvalue weighted by Crippen LogP contribution is 2.29. The van der Waals surface area contributed by atoms with Crippen LogP contribution in [-0.4, -0.2) is 36.7 Å². The summed E-state index contributed by atoms with van der Waals surface area (Å²) in [4.78, 5) is 15.0. The summed E-state index contributed by atoms with van der Waals surface area (Å²) in [6.45, 7) is 7.29. The smallest absolute Gasteiger partial charge is 0.227 e. The minimum absolute atomic E-state index is 0.0146. The molecule has 1 heterocycles. The van der Waals surface area contributed by atoms with Gasteiger partial charge < -0.3 is 14.4 Å². The maximum absolute atomic E-state index is 13.1. The van der Waals surface area contributed by atoms with Crippen molar-refractivity contribution in [2.45, 2.75) is 52.3 Å². The Morgan fingerprint density at radius 3 is 2.81 bits per heavy atom. The summed E-state index contributed by atoms with van der Waals surface area (Å²) in [5.41, 5.74) is 4.58. The molecule has 4 nitrogen and oxygen atoms in total. The molecule has 0 saturated carbocycles. The fraction of sp³-hybridized carbons (Fsp3) is 0.435. The standard InChI is InChI=1S/C23H29NO3/c1-16-6-5-7-20(10-16)14-24(17(2)15-26-4)23(25)13-19-8-9-22-21(12-19)11-18(3)27-22/h5-10,12,17-18H,11,13-15H2,1-4H3. The predicted molar refractivity (Wildman–Crippen MR) is 107 cm³/mol. The zero-order valence-corrected chi connectivity index (χ0v) is 16.7. The van der Waals surface area contributed by atoms with E-state index in [-0.39, 0.29) is 18.1 Å². The number of carbonyl (C=O) groups is 1. The number of aryl methyl sites for hydroxylation is 1. The van der Waals surface area contributed by atoms with Crippen molar-refractivity contribution in [1.82, 2.24) is 4.90 Å². The second-order valence-corrected chi connectivity index (χ2v) is 7.57. The molecule has 2 atom stereocenters. The topological polar surface area (TPSA) is 38.8 Å². The molecule has 1 aliphatic heterocycles. The van der Waals surface area contributed by atoms with Gasteiger partial charge in [-0.3, -0.25) is 4.79 Å². The summed E-state index contributed by atoms with van der Waals surface area (Å²) >= 11 is 0. The van der Waals surface area contributed by atoms with Gasteiger partial charge in [0.15, 0.2) is 0 Å². The summed E-state index contributed by atoms with van der Waals surface area (Å²) in [7, 11) is 1.67. The molecule has 2 unspecified atom stereocenters. The Kier molecular flexibility index (Phi) is 6.17. The molecule has 1 aliphatic rings. The van der Waals surface area contributed by atoms with Crippen molar-refractivity contribution in [2.24, 2.45) is 0 Å².